The van der Waals surface area contributed by atoms with Gasteiger partial charge in [0.25, 0.3) is 0 Å². The van der Waals surface area contributed by atoms with Gasteiger partial charge in [-0.15, -0.1) is 0 Å². The van der Waals surface area contributed by atoms with Crippen molar-refractivity contribution in [1.29, 1.82) is 0 Å². The van der Waals surface area contributed by atoms with Crippen molar-refractivity contribution in [1.82, 2.24) is 4.72 Å². The van der Waals surface area contributed by atoms with Gasteiger partial charge in [-0.05, 0) is 25.0 Å². The maximum absolute atomic E-state index is 12.4. The fraction of sp³-hybridized carbons (Fsp3) is 0.571. The third-order valence-corrected chi connectivity index (χ3v) is 6.29. The van der Waals surface area contributed by atoms with Crippen LogP contribution in [0.5, 0.6) is 0 Å². The first-order valence-electron chi connectivity index (χ1n) is 7.07. The fourth-order valence-corrected chi connectivity index (χ4v) is 4.52. The molecule has 0 spiro atoms. The lowest BCUT2D eigenvalue weighted by molar-refractivity contribution is 0.369. The van der Waals surface area contributed by atoms with Crippen molar-refractivity contribution in [2.75, 3.05) is 6.54 Å². The van der Waals surface area contributed by atoms with E-state index in [4.69, 9.17) is 28.9 Å². The summed E-state index contributed by atoms with van der Waals surface area (Å²) in [6.45, 7) is 0.220. The van der Waals surface area contributed by atoms with Crippen molar-refractivity contribution in [3.05, 3.63) is 28.2 Å². The molecule has 2 rings (SSSR count). The quantitative estimate of drug-likeness (QED) is 0.818. The second-order valence-electron chi connectivity index (χ2n) is 5.65. The molecule has 0 atom stereocenters. The van der Waals surface area contributed by atoms with Crippen molar-refractivity contribution in [2.24, 2.45) is 5.73 Å². The summed E-state index contributed by atoms with van der Waals surface area (Å²) < 4.78 is 27.3. The Bertz CT molecular complexity index is 597. The average Bonchev–Trinajstić information content (AvgIpc) is 2.65. The van der Waals surface area contributed by atoms with Crippen LogP contribution in [0.4, 0.5) is 0 Å². The van der Waals surface area contributed by atoms with Gasteiger partial charge in [-0.3, -0.25) is 0 Å². The number of sulfonamides is 1. The summed E-state index contributed by atoms with van der Waals surface area (Å²) in [5, 5.41) is 0.259. The number of halogens is 2. The van der Waals surface area contributed by atoms with E-state index >= 15 is 0 Å². The van der Waals surface area contributed by atoms with Crippen molar-refractivity contribution in [3.8, 4) is 0 Å². The minimum atomic E-state index is -3.71. The predicted molar refractivity (Wildman–Crippen MR) is 86.3 cm³/mol. The van der Waals surface area contributed by atoms with E-state index in [0.717, 1.165) is 38.5 Å². The lowest BCUT2D eigenvalue weighted by Gasteiger charge is -2.28. The third kappa shape index (κ3) is 4.33. The first-order chi connectivity index (χ1) is 9.84. The van der Waals surface area contributed by atoms with Crippen LogP contribution in [0.15, 0.2) is 23.1 Å². The van der Waals surface area contributed by atoms with E-state index in [1.54, 1.807) is 12.1 Å². The van der Waals surface area contributed by atoms with Crippen molar-refractivity contribution < 1.29 is 8.42 Å². The molecule has 0 amide bonds. The Hall–Kier alpha value is -0.330. The highest BCUT2D eigenvalue weighted by Gasteiger charge is 2.29. The van der Waals surface area contributed by atoms with E-state index < -0.39 is 15.6 Å². The Labute approximate surface area is 136 Å². The summed E-state index contributed by atoms with van der Waals surface area (Å²) in [5.74, 6) is 0. The maximum atomic E-state index is 12.4. The van der Waals surface area contributed by atoms with Crippen LogP contribution in [-0.2, 0) is 10.0 Å². The van der Waals surface area contributed by atoms with Gasteiger partial charge >= 0.3 is 0 Å². The molecule has 0 aliphatic heterocycles. The molecular formula is C14H20Cl2N2O2S. The molecule has 0 heterocycles. The molecule has 7 heteroatoms. The minimum Gasteiger partial charge on any atom is -0.324 e. The maximum Gasteiger partial charge on any atom is 0.242 e. The normalized spacial score (nSPS) is 19.2. The van der Waals surface area contributed by atoms with Crippen LogP contribution in [0.25, 0.3) is 0 Å². The van der Waals surface area contributed by atoms with Crippen LogP contribution >= 0.6 is 23.2 Å². The van der Waals surface area contributed by atoms with Crippen molar-refractivity contribution in [3.63, 3.8) is 0 Å². The molecule has 1 saturated carbocycles. The van der Waals surface area contributed by atoms with Gasteiger partial charge in [0.15, 0.2) is 0 Å². The Kier molecular flexibility index (Phi) is 5.54. The van der Waals surface area contributed by atoms with Gasteiger partial charge in [-0.2, -0.15) is 0 Å². The van der Waals surface area contributed by atoms with E-state index in [9.17, 15) is 8.42 Å². The summed E-state index contributed by atoms with van der Waals surface area (Å²) in [7, 11) is -3.71. The highest BCUT2D eigenvalue weighted by Crippen LogP contribution is 2.29. The Morgan fingerprint density at radius 1 is 1.14 bits per heavy atom. The van der Waals surface area contributed by atoms with E-state index in [2.05, 4.69) is 4.72 Å². The van der Waals surface area contributed by atoms with Gasteiger partial charge in [0.1, 0.15) is 4.90 Å². The van der Waals surface area contributed by atoms with Crippen LogP contribution in [0.1, 0.15) is 38.5 Å². The largest absolute Gasteiger partial charge is 0.324 e. The van der Waals surface area contributed by atoms with E-state index in [1.165, 1.54) is 6.07 Å². The standard InChI is InChI=1S/C14H20Cl2N2O2S/c15-11-6-5-7-12(13(11)16)21(19,20)18-10-14(17)8-3-1-2-4-9-14/h5-7,18H,1-4,8-10,17H2. The van der Waals surface area contributed by atoms with E-state index in [1.807, 2.05) is 0 Å². The molecule has 0 bridgehead atoms. The molecule has 21 heavy (non-hydrogen) atoms. The lowest BCUT2D eigenvalue weighted by atomic mass is 9.92. The molecule has 1 aliphatic carbocycles. The molecule has 1 fully saturated rings. The number of nitrogens with one attached hydrogen (secondary N) is 1. The van der Waals surface area contributed by atoms with Crippen LogP contribution in [-0.4, -0.2) is 20.5 Å². The van der Waals surface area contributed by atoms with Gasteiger partial charge in [-0.25, -0.2) is 13.1 Å². The zero-order chi connectivity index (χ0) is 15.5. The fourth-order valence-electron chi connectivity index (χ4n) is 2.62. The van der Waals surface area contributed by atoms with Gasteiger partial charge in [0.2, 0.25) is 10.0 Å². The number of rotatable bonds is 4. The molecule has 1 aromatic carbocycles. The van der Waals surface area contributed by atoms with E-state index in [0.29, 0.717) is 0 Å². The monoisotopic (exact) mass is 350 g/mol. The van der Waals surface area contributed by atoms with Crippen molar-refractivity contribution in [2.45, 2.75) is 49.0 Å². The summed E-state index contributed by atoms with van der Waals surface area (Å²) in [4.78, 5) is -0.00566. The van der Waals surface area contributed by atoms with E-state index in [-0.39, 0.29) is 21.5 Å². The molecule has 0 saturated heterocycles. The average molecular weight is 351 g/mol. The third-order valence-electron chi connectivity index (χ3n) is 3.92. The summed E-state index contributed by atoms with van der Waals surface area (Å²) in [6, 6.07) is 4.55. The molecule has 0 aromatic heterocycles. The molecule has 1 aliphatic rings. The highest BCUT2D eigenvalue weighted by atomic mass is 35.5. The topological polar surface area (TPSA) is 72.2 Å². The predicted octanol–water partition coefficient (Wildman–Crippen LogP) is 3.32. The molecule has 4 nitrogen and oxygen atoms in total. The number of hydrogen-bond donors (Lipinski definition) is 2. The first-order valence-corrected chi connectivity index (χ1v) is 9.31. The van der Waals surface area contributed by atoms with Crippen LogP contribution < -0.4 is 10.5 Å². The number of hydrogen-bond acceptors (Lipinski definition) is 3. The second-order valence-corrected chi connectivity index (χ2v) is 8.17. The van der Waals surface area contributed by atoms with Gasteiger partial charge < -0.3 is 5.73 Å². The second kappa shape index (κ2) is 6.84. The Balaban J connectivity index is 2.12. The van der Waals surface area contributed by atoms with Crippen molar-refractivity contribution >= 4 is 33.2 Å². The Morgan fingerprint density at radius 3 is 2.38 bits per heavy atom. The highest BCUT2D eigenvalue weighted by molar-refractivity contribution is 7.89. The lowest BCUT2D eigenvalue weighted by Crippen LogP contribution is -2.49. The van der Waals surface area contributed by atoms with Gasteiger partial charge in [0, 0.05) is 12.1 Å². The number of benzene rings is 1. The SMILES string of the molecule is NC1(CNS(=O)(=O)c2cccc(Cl)c2Cl)CCCCCC1. The summed E-state index contributed by atoms with van der Waals surface area (Å²) in [6.07, 6.45) is 6.06. The van der Waals surface area contributed by atoms with Gasteiger partial charge in [-0.1, -0.05) is 55.0 Å². The van der Waals surface area contributed by atoms with Crippen LogP contribution in [0.2, 0.25) is 10.0 Å². The molecular weight excluding hydrogens is 331 g/mol. The molecule has 3 N–H and O–H groups in total. The summed E-state index contributed by atoms with van der Waals surface area (Å²) in [5.41, 5.74) is 5.85. The van der Waals surface area contributed by atoms with Crippen LogP contribution in [0, 0.1) is 0 Å². The van der Waals surface area contributed by atoms with Gasteiger partial charge in [0.05, 0.1) is 10.0 Å². The summed E-state index contributed by atoms with van der Waals surface area (Å²) >= 11 is 11.8. The Morgan fingerprint density at radius 2 is 1.76 bits per heavy atom. The molecule has 0 radical (unpaired) electrons. The molecule has 0 unspecified atom stereocenters. The first kappa shape index (κ1) is 17.0. The zero-order valence-corrected chi connectivity index (χ0v) is 14.1. The molecule has 1 aromatic rings. The minimum absolute atomic E-state index is 0.00566. The number of nitrogens with two attached hydrogens (primary N) is 1. The zero-order valence-electron chi connectivity index (χ0n) is 11.7. The molecule has 118 valence electrons. The smallest absolute Gasteiger partial charge is 0.242 e. The van der Waals surface area contributed by atoms with Crippen LogP contribution in [0.3, 0.4) is 0 Å².